The molecule has 0 atom stereocenters. The molecule has 1 aliphatic heterocycles. The second-order valence-corrected chi connectivity index (χ2v) is 4.89. The van der Waals surface area contributed by atoms with Crippen LogP contribution >= 0.6 is 0 Å². The van der Waals surface area contributed by atoms with E-state index in [1.54, 1.807) is 24.3 Å². The van der Waals surface area contributed by atoms with Gasteiger partial charge in [0.05, 0.1) is 5.92 Å². The Morgan fingerprint density at radius 1 is 1.17 bits per heavy atom. The Hall–Kier alpha value is -2.12. The zero-order valence-corrected chi connectivity index (χ0v) is 14.3. The Kier molecular flexibility index (Phi) is 12.2. The standard InChI is InChI=1S/C9H11NO3.C6H11NO2.C2H6/c10-5-7-1-3-8(4-2-7)13-6-9(11)12;8-6(9)5-1-3-7-4-2-5;1-2/h1-4H,5-6,10H2,(H,11,12);5,7H,1-4H2,(H,8,9);1-2H3. The van der Waals surface area contributed by atoms with Crippen LogP contribution in [0.1, 0.15) is 32.3 Å². The molecule has 1 heterocycles. The molecule has 0 amide bonds. The lowest BCUT2D eigenvalue weighted by Gasteiger charge is -2.17. The minimum Gasteiger partial charge on any atom is -0.482 e. The van der Waals surface area contributed by atoms with Crippen LogP contribution in [0.15, 0.2) is 24.3 Å². The van der Waals surface area contributed by atoms with Gasteiger partial charge in [0.2, 0.25) is 0 Å². The summed E-state index contributed by atoms with van der Waals surface area (Å²) in [6.45, 7) is 5.87. The molecule has 1 aromatic rings. The van der Waals surface area contributed by atoms with E-state index in [0.717, 1.165) is 31.5 Å². The summed E-state index contributed by atoms with van der Waals surface area (Å²) in [6.07, 6.45) is 1.57. The van der Waals surface area contributed by atoms with Crippen LogP contribution in [0.5, 0.6) is 5.75 Å². The number of piperidine rings is 1. The first-order valence-corrected chi connectivity index (χ1v) is 8.10. The maximum absolute atomic E-state index is 10.3. The van der Waals surface area contributed by atoms with Gasteiger partial charge in [-0.25, -0.2) is 4.79 Å². The molecule has 2 rings (SSSR count). The first kappa shape index (κ1) is 21.9. The molecule has 0 aliphatic carbocycles. The zero-order valence-electron chi connectivity index (χ0n) is 14.3. The molecule has 0 radical (unpaired) electrons. The third-order valence-electron chi connectivity index (χ3n) is 3.21. The van der Waals surface area contributed by atoms with Crippen molar-refractivity contribution in [2.45, 2.75) is 33.2 Å². The number of nitrogens with two attached hydrogens (primary N) is 1. The van der Waals surface area contributed by atoms with Crippen LogP contribution in [0.3, 0.4) is 0 Å². The van der Waals surface area contributed by atoms with Gasteiger partial charge in [-0.05, 0) is 43.6 Å². The highest BCUT2D eigenvalue weighted by Gasteiger charge is 2.19. The fraction of sp³-hybridized carbons (Fsp3) is 0.529. The Labute approximate surface area is 142 Å². The van der Waals surface area contributed by atoms with Gasteiger partial charge in [-0.3, -0.25) is 4.79 Å². The number of aliphatic carboxylic acids is 2. The van der Waals surface area contributed by atoms with Gasteiger partial charge in [0.15, 0.2) is 6.61 Å². The predicted octanol–water partition coefficient (Wildman–Crippen LogP) is 1.71. The van der Waals surface area contributed by atoms with Crippen LogP contribution in [0.2, 0.25) is 0 Å². The minimum absolute atomic E-state index is 0.0914. The molecule has 1 saturated heterocycles. The molecule has 1 aromatic carbocycles. The lowest BCUT2D eigenvalue weighted by atomic mass is 9.99. The molecule has 24 heavy (non-hydrogen) atoms. The van der Waals surface area contributed by atoms with E-state index >= 15 is 0 Å². The van der Waals surface area contributed by atoms with Crippen molar-refractivity contribution in [1.82, 2.24) is 5.32 Å². The molecule has 7 nitrogen and oxygen atoms in total. The van der Waals surface area contributed by atoms with Crippen molar-refractivity contribution in [1.29, 1.82) is 0 Å². The molecule has 1 fully saturated rings. The van der Waals surface area contributed by atoms with Crippen LogP contribution in [0.25, 0.3) is 0 Å². The maximum Gasteiger partial charge on any atom is 0.341 e. The van der Waals surface area contributed by atoms with Crippen LogP contribution in [0, 0.1) is 5.92 Å². The van der Waals surface area contributed by atoms with E-state index in [1.807, 2.05) is 13.8 Å². The highest BCUT2D eigenvalue weighted by Crippen LogP contribution is 2.11. The number of hydrogen-bond donors (Lipinski definition) is 4. The summed E-state index contributed by atoms with van der Waals surface area (Å²) in [5.74, 6) is -1.18. The van der Waals surface area contributed by atoms with Crippen molar-refractivity contribution in [3.8, 4) is 5.75 Å². The topological polar surface area (TPSA) is 122 Å². The monoisotopic (exact) mass is 340 g/mol. The molecule has 0 spiro atoms. The van der Waals surface area contributed by atoms with Crippen molar-refractivity contribution in [2.24, 2.45) is 11.7 Å². The van der Waals surface area contributed by atoms with E-state index in [0.29, 0.717) is 12.3 Å². The van der Waals surface area contributed by atoms with Gasteiger partial charge in [-0.1, -0.05) is 26.0 Å². The molecule has 0 bridgehead atoms. The van der Waals surface area contributed by atoms with Crippen LogP contribution in [0.4, 0.5) is 0 Å². The highest BCUT2D eigenvalue weighted by atomic mass is 16.5. The van der Waals surface area contributed by atoms with Gasteiger partial charge in [0.1, 0.15) is 5.75 Å². The van der Waals surface area contributed by atoms with Gasteiger partial charge in [-0.2, -0.15) is 0 Å². The third kappa shape index (κ3) is 9.81. The fourth-order valence-electron chi connectivity index (χ4n) is 1.94. The molecular weight excluding hydrogens is 312 g/mol. The number of benzene rings is 1. The number of carbonyl (C=O) groups is 2. The average Bonchev–Trinajstić information content (AvgIpc) is 2.63. The highest BCUT2D eigenvalue weighted by molar-refractivity contribution is 5.70. The zero-order chi connectivity index (χ0) is 18.4. The second-order valence-electron chi connectivity index (χ2n) is 4.89. The van der Waals surface area contributed by atoms with Crippen molar-refractivity contribution in [3.05, 3.63) is 29.8 Å². The van der Waals surface area contributed by atoms with Crippen molar-refractivity contribution < 1.29 is 24.5 Å². The summed E-state index contributed by atoms with van der Waals surface area (Å²) >= 11 is 0. The largest absolute Gasteiger partial charge is 0.482 e. The van der Waals surface area contributed by atoms with Crippen LogP contribution in [-0.4, -0.2) is 41.8 Å². The summed E-state index contributed by atoms with van der Waals surface area (Å²) in [7, 11) is 0. The fourth-order valence-corrected chi connectivity index (χ4v) is 1.94. The SMILES string of the molecule is CC.NCc1ccc(OCC(=O)O)cc1.O=C(O)C1CCNCC1. The Morgan fingerprint density at radius 2 is 1.71 bits per heavy atom. The van der Waals surface area contributed by atoms with Gasteiger partial charge in [-0.15, -0.1) is 0 Å². The lowest BCUT2D eigenvalue weighted by Crippen LogP contribution is -2.31. The van der Waals surface area contributed by atoms with Crippen LogP contribution in [-0.2, 0) is 16.1 Å². The number of carboxylic acids is 2. The molecule has 0 unspecified atom stereocenters. The van der Waals surface area contributed by atoms with Crippen molar-refractivity contribution >= 4 is 11.9 Å². The van der Waals surface area contributed by atoms with Gasteiger partial charge in [0.25, 0.3) is 0 Å². The second kappa shape index (κ2) is 13.3. The summed E-state index contributed by atoms with van der Waals surface area (Å²) < 4.78 is 4.93. The molecule has 136 valence electrons. The Bertz CT molecular complexity index is 470. The minimum atomic E-state index is -0.983. The quantitative estimate of drug-likeness (QED) is 0.643. The Morgan fingerprint density at radius 3 is 2.08 bits per heavy atom. The molecule has 7 heteroatoms. The first-order chi connectivity index (χ1) is 11.5. The predicted molar refractivity (Wildman–Crippen MR) is 92.0 cm³/mol. The summed E-state index contributed by atoms with van der Waals surface area (Å²) in [6, 6.07) is 7.00. The molecule has 1 aliphatic rings. The van der Waals surface area contributed by atoms with E-state index in [2.05, 4.69) is 5.32 Å². The van der Waals surface area contributed by atoms with Gasteiger partial charge < -0.3 is 26.0 Å². The molecule has 5 N–H and O–H groups in total. The number of hydrogen-bond acceptors (Lipinski definition) is 5. The molecule has 0 aromatic heterocycles. The maximum atomic E-state index is 10.3. The number of carboxylic acid groups (broad SMARTS) is 2. The lowest BCUT2D eigenvalue weighted by molar-refractivity contribution is -0.142. The van der Waals surface area contributed by atoms with Crippen LogP contribution < -0.4 is 15.8 Å². The number of ether oxygens (including phenoxy) is 1. The average molecular weight is 340 g/mol. The smallest absolute Gasteiger partial charge is 0.341 e. The molecule has 0 saturated carbocycles. The van der Waals surface area contributed by atoms with E-state index in [1.165, 1.54) is 0 Å². The summed E-state index contributed by atoms with van der Waals surface area (Å²) in [5.41, 5.74) is 6.38. The summed E-state index contributed by atoms with van der Waals surface area (Å²) in [4.78, 5) is 20.5. The summed E-state index contributed by atoms with van der Waals surface area (Å²) in [5, 5.41) is 19.9. The molecular formula is C17H28N2O5. The normalized spacial score (nSPS) is 13.6. The van der Waals surface area contributed by atoms with Gasteiger partial charge in [0, 0.05) is 6.54 Å². The Balaban J connectivity index is 0.000000420. The number of nitrogens with one attached hydrogen (secondary N) is 1. The van der Waals surface area contributed by atoms with Crippen molar-refractivity contribution in [2.75, 3.05) is 19.7 Å². The third-order valence-corrected chi connectivity index (χ3v) is 3.21. The van der Waals surface area contributed by atoms with Crippen molar-refractivity contribution in [3.63, 3.8) is 0 Å². The van der Waals surface area contributed by atoms with E-state index < -0.39 is 11.9 Å². The van der Waals surface area contributed by atoms with E-state index in [4.69, 9.17) is 20.7 Å². The first-order valence-electron chi connectivity index (χ1n) is 8.10. The van der Waals surface area contributed by atoms with Gasteiger partial charge >= 0.3 is 11.9 Å². The van der Waals surface area contributed by atoms with E-state index in [-0.39, 0.29) is 12.5 Å². The van der Waals surface area contributed by atoms with E-state index in [9.17, 15) is 9.59 Å². The number of rotatable bonds is 5.